The monoisotopic (exact) mass is 445 g/mol. The average molecular weight is 445 g/mol. The molecule has 0 unspecified atom stereocenters. The molecule has 4 aliphatic rings. The van der Waals surface area contributed by atoms with Gasteiger partial charge in [-0.2, -0.15) is 9.29 Å². The van der Waals surface area contributed by atoms with E-state index in [-0.39, 0.29) is 34.7 Å². The first kappa shape index (κ1) is 19.4. The zero-order chi connectivity index (χ0) is 21.3. The maximum Gasteiger partial charge on any atom is 0.310 e. The van der Waals surface area contributed by atoms with Crippen LogP contribution in [0.25, 0.3) is 11.4 Å². The van der Waals surface area contributed by atoms with Gasteiger partial charge in [0.1, 0.15) is 6.10 Å². The Morgan fingerprint density at radius 2 is 1.94 bits per heavy atom. The van der Waals surface area contributed by atoms with E-state index in [4.69, 9.17) is 14.0 Å². The standard InChI is InChI=1S/C21H23N3O6S/c1-11-2-3-12(10-16(11)31(26,27)24-4-6-28-7-5-24)19-22-20(30-23-19)17-13-8-14-15(9-13)29-21(25)18(14)17/h2-3,10,13-15,17-18H,4-9H2,1H3/t13-,14+,15+,17-,18-/m1/s1. The number of aromatic nitrogens is 2. The van der Waals surface area contributed by atoms with Gasteiger partial charge >= 0.3 is 5.97 Å². The van der Waals surface area contributed by atoms with Crippen LogP contribution >= 0.6 is 0 Å². The first-order valence-corrected chi connectivity index (χ1v) is 12.1. The Morgan fingerprint density at radius 1 is 1.13 bits per heavy atom. The van der Waals surface area contributed by atoms with Gasteiger partial charge in [0, 0.05) is 24.6 Å². The maximum absolute atomic E-state index is 13.2. The molecule has 1 aromatic heterocycles. The summed E-state index contributed by atoms with van der Waals surface area (Å²) < 4.78 is 44.1. The van der Waals surface area contributed by atoms with Crippen molar-refractivity contribution >= 4 is 16.0 Å². The summed E-state index contributed by atoms with van der Waals surface area (Å²) in [5.74, 6) is 0.875. The molecule has 0 spiro atoms. The zero-order valence-corrected chi connectivity index (χ0v) is 17.9. The van der Waals surface area contributed by atoms with Gasteiger partial charge in [-0.1, -0.05) is 17.3 Å². The van der Waals surface area contributed by atoms with Crippen LogP contribution in [0.5, 0.6) is 0 Å². The van der Waals surface area contributed by atoms with Crippen molar-refractivity contribution in [3.05, 3.63) is 29.7 Å². The molecule has 2 aliphatic carbocycles. The van der Waals surface area contributed by atoms with Gasteiger partial charge in [-0.25, -0.2) is 8.42 Å². The van der Waals surface area contributed by atoms with E-state index >= 15 is 0 Å². The van der Waals surface area contributed by atoms with Gasteiger partial charge in [-0.15, -0.1) is 0 Å². The molecule has 2 aliphatic heterocycles. The molecule has 164 valence electrons. The van der Waals surface area contributed by atoms with Crippen molar-refractivity contribution in [1.29, 1.82) is 0 Å². The minimum absolute atomic E-state index is 0.0474. The molecular formula is C21H23N3O6S. The number of carbonyl (C=O) groups excluding carboxylic acids is 1. The fourth-order valence-corrected chi connectivity index (χ4v) is 7.43. The highest BCUT2D eigenvalue weighted by Crippen LogP contribution is 2.61. The minimum Gasteiger partial charge on any atom is -0.462 e. The lowest BCUT2D eigenvalue weighted by Gasteiger charge is -2.26. The van der Waals surface area contributed by atoms with Gasteiger partial charge in [0.25, 0.3) is 0 Å². The summed E-state index contributed by atoms with van der Waals surface area (Å²) in [4.78, 5) is 17.1. The number of sulfonamides is 1. The highest BCUT2D eigenvalue weighted by molar-refractivity contribution is 7.89. The fraction of sp³-hybridized carbons (Fsp3) is 0.571. The van der Waals surface area contributed by atoms with Gasteiger partial charge in [0.15, 0.2) is 0 Å². The van der Waals surface area contributed by atoms with Gasteiger partial charge < -0.3 is 14.0 Å². The molecule has 2 bridgehead atoms. The molecule has 2 aromatic rings. The molecule has 0 radical (unpaired) electrons. The topological polar surface area (TPSA) is 112 Å². The number of hydrogen-bond acceptors (Lipinski definition) is 8. The molecule has 0 amide bonds. The van der Waals surface area contributed by atoms with Crippen LogP contribution in [0.15, 0.2) is 27.6 Å². The molecule has 2 saturated carbocycles. The lowest BCUT2D eigenvalue weighted by Crippen LogP contribution is -2.40. The van der Waals surface area contributed by atoms with Crippen LogP contribution in [0.3, 0.4) is 0 Å². The largest absolute Gasteiger partial charge is 0.462 e. The molecule has 4 fully saturated rings. The van der Waals surface area contributed by atoms with Gasteiger partial charge in [-0.05, 0) is 37.3 Å². The average Bonchev–Trinajstić information content (AvgIpc) is 3.51. The predicted octanol–water partition coefficient (Wildman–Crippen LogP) is 1.73. The third-order valence-electron chi connectivity index (χ3n) is 7.24. The molecule has 10 heteroatoms. The fourth-order valence-electron chi connectivity index (χ4n) is 5.77. The van der Waals surface area contributed by atoms with Crippen molar-refractivity contribution in [3.8, 4) is 11.4 Å². The highest BCUT2D eigenvalue weighted by Gasteiger charge is 2.63. The van der Waals surface area contributed by atoms with Crippen molar-refractivity contribution in [2.45, 2.75) is 36.7 Å². The maximum atomic E-state index is 13.2. The van der Waals surface area contributed by atoms with E-state index in [2.05, 4.69) is 10.1 Å². The number of aryl methyl sites for hydroxylation is 1. The number of nitrogens with zero attached hydrogens (tertiary/aromatic N) is 3. The van der Waals surface area contributed by atoms with Crippen LogP contribution in [0.2, 0.25) is 0 Å². The summed E-state index contributed by atoms with van der Waals surface area (Å²) in [6.07, 6.45) is 1.85. The lowest BCUT2D eigenvalue weighted by molar-refractivity contribution is -0.143. The minimum atomic E-state index is -3.65. The van der Waals surface area contributed by atoms with Crippen LogP contribution < -0.4 is 0 Å². The number of benzene rings is 1. The number of fused-ring (bicyclic) bond motifs is 1. The van der Waals surface area contributed by atoms with Crippen LogP contribution in [-0.2, 0) is 24.3 Å². The molecule has 6 rings (SSSR count). The summed E-state index contributed by atoms with van der Waals surface area (Å²) in [6, 6.07) is 5.16. The van der Waals surface area contributed by atoms with Crippen molar-refractivity contribution in [2.24, 2.45) is 17.8 Å². The van der Waals surface area contributed by atoms with Crippen molar-refractivity contribution in [2.75, 3.05) is 26.3 Å². The van der Waals surface area contributed by atoms with Crippen molar-refractivity contribution in [1.82, 2.24) is 14.4 Å². The molecule has 5 atom stereocenters. The first-order chi connectivity index (χ1) is 14.9. The first-order valence-electron chi connectivity index (χ1n) is 10.7. The van der Waals surface area contributed by atoms with Crippen LogP contribution in [0.1, 0.15) is 30.2 Å². The van der Waals surface area contributed by atoms with E-state index in [9.17, 15) is 13.2 Å². The number of ether oxygens (including phenoxy) is 2. The van der Waals surface area contributed by atoms with E-state index < -0.39 is 10.0 Å². The van der Waals surface area contributed by atoms with Crippen LogP contribution in [0.4, 0.5) is 0 Å². The third kappa shape index (κ3) is 2.88. The number of morpholine rings is 1. The molecule has 31 heavy (non-hydrogen) atoms. The summed E-state index contributed by atoms with van der Waals surface area (Å²) in [7, 11) is -3.65. The second-order valence-electron chi connectivity index (χ2n) is 8.88. The second kappa shape index (κ2) is 6.85. The van der Waals surface area contributed by atoms with Gasteiger partial charge in [0.2, 0.25) is 21.7 Å². The summed E-state index contributed by atoms with van der Waals surface area (Å²) in [6.45, 7) is 3.22. The Labute approximate surface area is 179 Å². The van der Waals surface area contributed by atoms with Gasteiger partial charge in [0.05, 0.1) is 29.9 Å². The van der Waals surface area contributed by atoms with Gasteiger partial charge in [-0.3, -0.25) is 4.79 Å². The SMILES string of the molecule is Cc1ccc(-c2noc([C@@H]3[C@@H]4C[C@@H]5[C@H]3C(=O)O[C@H]5C4)n2)cc1S(=O)(=O)N1CCOCC1. The summed E-state index contributed by atoms with van der Waals surface area (Å²) in [5.41, 5.74) is 1.23. The Balaban J connectivity index is 1.32. The molecular weight excluding hydrogens is 422 g/mol. The Hall–Kier alpha value is -2.30. The molecule has 9 nitrogen and oxygen atoms in total. The van der Waals surface area contributed by atoms with E-state index in [1.54, 1.807) is 25.1 Å². The van der Waals surface area contributed by atoms with Crippen molar-refractivity contribution < 1.29 is 27.2 Å². The van der Waals surface area contributed by atoms with Crippen LogP contribution in [-0.4, -0.2) is 61.2 Å². The third-order valence-corrected chi connectivity index (χ3v) is 9.28. The van der Waals surface area contributed by atoms with E-state index in [1.807, 2.05) is 0 Å². The van der Waals surface area contributed by atoms with E-state index in [0.717, 1.165) is 12.8 Å². The highest BCUT2D eigenvalue weighted by atomic mass is 32.2. The smallest absolute Gasteiger partial charge is 0.310 e. The zero-order valence-electron chi connectivity index (χ0n) is 17.1. The van der Waals surface area contributed by atoms with Crippen LogP contribution in [0, 0.1) is 24.7 Å². The quantitative estimate of drug-likeness (QED) is 0.654. The lowest BCUT2D eigenvalue weighted by atomic mass is 9.80. The molecule has 0 N–H and O–H groups in total. The normalized spacial score (nSPS) is 32.5. The van der Waals surface area contributed by atoms with Crippen molar-refractivity contribution in [3.63, 3.8) is 0 Å². The summed E-state index contributed by atoms with van der Waals surface area (Å²) >= 11 is 0. The second-order valence-corrected chi connectivity index (χ2v) is 10.8. The molecule has 3 heterocycles. The predicted molar refractivity (Wildman–Crippen MR) is 106 cm³/mol. The Kier molecular flexibility index (Phi) is 4.28. The van der Waals surface area contributed by atoms with E-state index in [0.29, 0.717) is 55.1 Å². The van der Waals surface area contributed by atoms with E-state index in [1.165, 1.54) is 4.31 Å². The molecule has 2 saturated heterocycles. The molecule has 1 aromatic carbocycles. The number of hydrogen-bond donors (Lipinski definition) is 0. The number of esters is 1. The Morgan fingerprint density at radius 3 is 2.74 bits per heavy atom. The number of carbonyl (C=O) groups is 1. The summed E-state index contributed by atoms with van der Waals surface area (Å²) in [5, 5.41) is 4.12. The number of rotatable bonds is 4. The Bertz CT molecular complexity index is 1150.